The average molecular weight is 626 g/mol. The highest BCUT2D eigenvalue weighted by molar-refractivity contribution is 7.99. The molecule has 1 fully saturated rings. The molecule has 228 valence electrons. The molecule has 3 amide bonds. The summed E-state index contributed by atoms with van der Waals surface area (Å²) in [5.74, 6) is -0.520. The summed E-state index contributed by atoms with van der Waals surface area (Å²) >= 11 is 7.94. The number of halogens is 1. The van der Waals surface area contributed by atoms with Crippen molar-refractivity contribution in [3.05, 3.63) is 88.9 Å². The minimum Gasteiger partial charge on any atom is -0.489 e. The van der Waals surface area contributed by atoms with Gasteiger partial charge in [-0.1, -0.05) is 59.8 Å². The summed E-state index contributed by atoms with van der Waals surface area (Å²) < 4.78 is 17.2. The number of hydrogen-bond acceptors (Lipinski definition) is 7. The normalized spacial score (nSPS) is 17.7. The molecule has 0 aromatic heterocycles. The minimum absolute atomic E-state index is 0.0912. The molecule has 0 saturated carbocycles. The maximum absolute atomic E-state index is 13.3. The van der Waals surface area contributed by atoms with Gasteiger partial charge in [0.15, 0.2) is 0 Å². The van der Waals surface area contributed by atoms with E-state index in [4.69, 9.17) is 25.8 Å². The first-order valence-electron chi connectivity index (χ1n) is 13.7. The Morgan fingerprint density at radius 1 is 0.953 bits per heavy atom. The second-order valence-corrected chi connectivity index (χ2v) is 13.3. The Morgan fingerprint density at radius 3 is 2.33 bits per heavy atom. The predicted molar refractivity (Wildman–Crippen MR) is 165 cm³/mol. The number of hydrogen-bond donors (Lipinski definition) is 2. The molecule has 1 atom stereocenters. The van der Waals surface area contributed by atoms with Gasteiger partial charge in [-0.3, -0.25) is 25.3 Å². The van der Waals surface area contributed by atoms with E-state index < -0.39 is 34.8 Å². The molecule has 1 saturated heterocycles. The quantitative estimate of drug-likeness (QED) is 0.285. The fourth-order valence-corrected chi connectivity index (χ4v) is 5.74. The SMILES string of the molecule is CC(C)(C)OC(=O)N1C(C)(C)OCC1(C)C(=O)NNC(=O)c1ccc(Sc2cccc(OCc3ccccc3)c2)cc1Cl. The lowest BCUT2D eigenvalue weighted by Gasteiger charge is -2.39. The van der Waals surface area contributed by atoms with E-state index in [0.717, 1.165) is 21.1 Å². The number of nitrogens with zero attached hydrogens (tertiary/aromatic N) is 1. The standard InChI is InChI=1S/C32H36ClN3O6S/c1-30(2,3)42-29(39)36-31(4,5)41-20-32(36,6)28(38)35-34-27(37)25-16-15-24(18-26(25)33)43-23-14-10-13-22(17-23)40-19-21-11-8-7-9-12-21/h7-18H,19-20H2,1-6H3,(H,34,37)(H,35,38). The fourth-order valence-electron chi connectivity index (χ4n) is 4.50. The van der Waals surface area contributed by atoms with Gasteiger partial charge in [0.1, 0.15) is 29.2 Å². The fraction of sp³-hybridized carbons (Fsp3) is 0.344. The van der Waals surface area contributed by atoms with Crippen molar-refractivity contribution in [1.82, 2.24) is 15.8 Å². The van der Waals surface area contributed by atoms with Crippen molar-refractivity contribution in [3.63, 3.8) is 0 Å². The molecule has 1 heterocycles. The van der Waals surface area contributed by atoms with E-state index >= 15 is 0 Å². The van der Waals surface area contributed by atoms with E-state index in [1.807, 2.05) is 54.6 Å². The Morgan fingerprint density at radius 2 is 1.65 bits per heavy atom. The smallest absolute Gasteiger partial charge is 0.413 e. The highest BCUT2D eigenvalue weighted by atomic mass is 35.5. The largest absolute Gasteiger partial charge is 0.489 e. The van der Waals surface area contributed by atoms with Crippen molar-refractivity contribution in [2.75, 3.05) is 6.61 Å². The molecule has 0 spiro atoms. The van der Waals surface area contributed by atoms with Crippen molar-refractivity contribution in [1.29, 1.82) is 0 Å². The molecule has 0 bridgehead atoms. The third-order valence-corrected chi connectivity index (χ3v) is 7.86. The third kappa shape index (κ3) is 8.01. The van der Waals surface area contributed by atoms with E-state index in [-0.39, 0.29) is 17.2 Å². The molecule has 4 rings (SSSR count). The first-order chi connectivity index (χ1) is 20.2. The lowest BCUT2D eigenvalue weighted by atomic mass is 10.0. The number of ether oxygens (including phenoxy) is 3. The number of nitrogens with one attached hydrogen (secondary N) is 2. The number of rotatable bonds is 7. The van der Waals surface area contributed by atoms with Crippen molar-refractivity contribution in [2.45, 2.75) is 74.8 Å². The maximum atomic E-state index is 13.3. The second-order valence-electron chi connectivity index (χ2n) is 11.7. The summed E-state index contributed by atoms with van der Waals surface area (Å²) in [6, 6.07) is 22.7. The van der Waals surface area contributed by atoms with Crippen molar-refractivity contribution >= 4 is 41.3 Å². The zero-order valence-corrected chi connectivity index (χ0v) is 26.6. The molecule has 3 aromatic carbocycles. The molecule has 9 nitrogen and oxygen atoms in total. The van der Waals surface area contributed by atoms with E-state index in [1.54, 1.807) is 59.7 Å². The number of hydrazine groups is 1. The monoisotopic (exact) mass is 625 g/mol. The van der Waals surface area contributed by atoms with Crippen LogP contribution in [0, 0.1) is 0 Å². The van der Waals surface area contributed by atoms with Gasteiger partial charge in [0.2, 0.25) is 0 Å². The molecule has 1 aliphatic rings. The zero-order chi connectivity index (χ0) is 31.4. The van der Waals surface area contributed by atoms with Gasteiger partial charge in [0, 0.05) is 9.79 Å². The molecular weight excluding hydrogens is 590 g/mol. The minimum atomic E-state index is -1.44. The van der Waals surface area contributed by atoms with Crippen LogP contribution in [0.25, 0.3) is 0 Å². The van der Waals surface area contributed by atoms with E-state index in [9.17, 15) is 14.4 Å². The highest BCUT2D eigenvalue weighted by Crippen LogP contribution is 2.37. The van der Waals surface area contributed by atoms with Crippen molar-refractivity contribution in [2.24, 2.45) is 0 Å². The van der Waals surface area contributed by atoms with E-state index in [2.05, 4.69) is 10.9 Å². The summed E-state index contributed by atoms with van der Waals surface area (Å²) in [4.78, 5) is 42.2. The van der Waals surface area contributed by atoms with Crippen LogP contribution in [0.1, 0.15) is 57.5 Å². The number of carbonyl (C=O) groups excluding carboxylic acids is 3. The molecule has 3 aromatic rings. The summed E-state index contributed by atoms with van der Waals surface area (Å²) in [5, 5.41) is 0.208. The summed E-state index contributed by atoms with van der Waals surface area (Å²) in [6.45, 7) is 10.5. The van der Waals surface area contributed by atoms with Crippen LogP contribution < -0.4 is 15.6 Å². The highest BCUT2D eigenvalue weighted by Gasteiger charge is 2.57. The molecule has 11 heteroatoms. The van der Waals surface area contributed by atoms with Gasteiger partial charge in [-0.2, -0.15) is 0 Å². The van der Waals surface area contributed by atoms with E-state index in [1.165, 1.54) is 16.7 Å². The van der Waals surface area contributed by atoms with Gasteiger partial charge in [0.25, 0.3) is 11.8 Å². The zero-order valence-electron chi connectivity index (χ0n) is 25.0. The Labute approximate surface area is 261 Å². The third-order valence-electron chi connectivity index (χ3n) is 6.57. The number of carbonyl (C=O) groups is 3. The van der Waals surface area contributed by atoms with Gasteiger partial charge in [0.05, 0.1) is 17.2 Å². The van der Waals surface area contributed by atoms with Crippen LogP contribution >= 0.6 is 23.4 Å². The first-order valence-corrected chi connectivity index (χ1v) is 14.9. The summed E-state index contributed by atoms with van der Waals surface area (Å²) in [6.07, 6.45) is -0.705. The number of amides is 3. The van der Waals surface area contributed by atoms with Gasteiger partial charge >= 0.3 is 6.09 Å². The average Bonchev–Trinajstić information content (AvgIpc) is 3.19. The number of benzene rings is 3. The molecule has 1 aliphatic heterocycles. The van der Waals surface area contributed by atoms with Crippen molar-refractivity contribution < 1.29 is 28.6 Å². The van der Waals surface area contributed by atoms with Crippen LogP contribution in [0.5, 0.6) is 5.75 Å². The topological polar surface area (TPSA) is 106 Å². The maximum Gasteiger partial charge on any atom is 0.413 e. The van der Waals surface area contributed by atoms with Gasteiger partial charge in [-0.05, 0) is 83.5 Å². The molecule has 1 unspecified atom stereocenters. The van der Waals surface area contributed by atoms with Crippen LogP contribution in [0.15, 0.2) is 82.6 Å². The molecule has 0 radical (unpaired) electrons. The van der Waals surface area contributed by atoms with Crippen LogP contribution in [-0.2, 0) is 20.9 Å². The summed E-state index contributed by atoms with van der Waals surface area (Å²) in [7, 11) is 0. The van der Waals surface area contributed by atoms with Gasteiger partial charge in [-0.15, -0.1) is 0 Å². The lowest BCUT2D eigenvalue weighted by Crippen LogP contribution is -2.63. The first kappa shape index (κ1) is 32.2. The van der Waals surface area contributed by atoms with Gasteiger partial charge < -0.3 is 14.2 Å². The van der Waals surface area contributed by atoms with Crippen LogP contribution in [0.2, 0.25) is 5.02 Å². The van der Waals surface area contributed by atoms with Crippen LogP contribution in [0.3, 0.4) is 0 Å². The Balaban J connectivity index is 1.37. The molecular formula is C32H36ClN3O6S. The lowest BCUT2D eigenvalue weighted by molar-refractivity contribution is -0.133. The predicted octanol–water partition coefficient (Wildman–Crippen LogP) is 6.59. The van der Waals surface area contributed by atoms with Gasteiger partial charge in [-0.25, -0.2) is 4.79 Å². The van der Waals surface area contributed by atoms with Crippen LogP contribution in [0.4, 0.5) is 4.79 Å². The Kier molecular flexibility index (Phi) is 9.63. The van der Waals surface area contributed by atoms with E-state index in [0.29, 0.717) is 6.61 Å². The van der Waals surface area contributed by atoms with Crippen molar-refractivity contribution in [3.8, 4) is 5.75 Å². The Bertz CT molecular complexity index is 1490. The second kappa shape index (κ2) is 12.9. The molecule has 2 N–H and O–H groups in total. The molecule has 0 aliphatic carbocycles. The summed E-state index contributed by atoms with van der Waals surface area (Å²) in [5.41, 5.74) is 2.73. The Hall–Kier alpha value is -3.73. The van der Waals surface area contributed by atoms with Crippen LogP contribution in [-0.4, -0.2) is 46.3 Å². The molecule has 43 heavy (non-hydrogen) atoms.